The van der Waals surface area contributed by atoms with E-state index in [1.165, 1.54) is 5.56 Å². The van der Waals surface area contributed by atoms with Gasteiger partial charge in [0.15, 0.2) is 0 Å². The summed E-state index contributed by atoms with van der Waals surface area (Å²) in [6.07, 6.45) is 0.780. The molecule has 0 fully saturated rings. The first-order valence-electron chi connectivity index (χ1n) is 3.61. The second-order valence-electron chi connectivity index (χ2n) is 3.22. The van der Waals surface area contributed by atoms with Gasteiger partial charge in [-0.05, 0) is 18.6 Å². The summed E-state index contributed by atoms with van der Waals surface area (Å²) in [5, 5.41) is 9.72. The number of aliphatic hydroxyl groups is 1. The van der Waals surface area contributed by atoms with Gasteiger partial charge in [-0.15, -0.1) is 0 Å². The SMILES string of the molecule is C[C@]1(O)Cc2cccc(Br)c21. The Morgan fingerprint density at radius 2 is 2.27 bits per heavy atom. The third-order valence-corrected chi connectivity index (χ3v) is 2.83. The Labute approximate surface area is 74.2 Å². The third kappa shape index (κ3) is 0.932. The van der Waals surface area contributed by atoms with E-state index in [0.29, 0.717) is 0 Å². The standard InChI is InChI=1S/C9H9BrO/c1-9(11)5-6-3-2-4-7(10)8(6)9/h2-4,11H,5H2,1H3/t9-/m0/s1. The summed E-state index contributed by atoms with van der Waals surface area (Å²) < 4.78 is 1.02. The van der Waals surface area contributed by atoms with Crippen molar-refractivity contribution in [3.63, 3.8) is 0 Å². The Balaban J connectivity index is 2.60. The van der Waals surface area contributed by atoms with E-state index in [0.717, 1.165) is 16.5 Å². The maximum absolute atomic E-state index is 9.72. The van der Waals surface area contributed by atoms with Crippen molar-refractivity contribution in [2.24, 2.45) is 0 Å². The summed E-state index contributed by atoms with van der Waals surface area (Å²) >= 11 is 3.41. The van der Waals surface area contributed by atoms with Crippen molar-refractivity contribution in [2.45, 2.75) is 18.9 Å². The predicted molar refractivity (Wildman–Crippen MR) is 47.4 cm³/mol. The average Bonchev–Trinajstić information content (AvgIpc) is 1.84. The van der Waals surface area contributed by atoms with Gasteiger partial charge in [-0.1, -0.05) is 28.1 Å². The van der Waals surface area contributed by atoms with Crippen LogP contribution in [-0.4, -0.2) is 5.11 Å². The summed E-state index contributed by atoms with van der Waals surface area (Å²) in [4.78, 5) is 0. The molecule has 1 N–H and O–H groups in total. The molecule has 1 atom stereocenters. The summed E-state index contributed by atoms with van der Waals surface area (Å²) in [6.45, 7) is 1.85. The van der Waals surface area contributed by atoms with Crippen LogP contribution in [0.5, 0.6) is 0 Å². The highest BCUT2D eigenvalue weighted by Gasteiger charge is 2.37. The van der Waals surface area contributed by atoms with E-state index in [1.807, 2.05) is 19.1 Å². The third-order valence-electron chi connectivity index (χ3n) is 2.17. The van der Waals surface area contributed by atoms with E-state index in [1.54, 1.807) is 0 Å². The minimum absolute atomic E-state index is 0.602. The fraction of sp³-hybridized carbons (Fsp3) is 0.333. The normalized spacial score (nSPS) is 27.5. The summed E-state index contributed by atoms with van der Waals surface area (Å²) in [5.41, 5.74) is 1.71. The van der Waals surface area contributed by atoms with Crippen molar-refractivity contribution in [2.75, 3.05) is 0 Å². The molecule has 1 aliphatic rings. The van der Waals surface area contributed by atoms with Crippen LogP contribution in [-0.2, 0) is 12.0 Å². The van der Waals surface area contributed by atoms with Crippen LogP contribution in [0, 0.1) is 0 Å². The quantitative estimate of drug-likeness (QED) is 0.700. The van der Waals surface area contributed by atoms with E-state index >= 15 is 0 Å². The minimum atomic E-state index is -0.602. The van der Waals surface area contributed by atoms with E-state index in [4.69, 9.17) is 0 Å². The smallest absolute Gasteiger partial charge is 0.0922 e. The molecule has 11 heavy (non-hydrogen) atoms. The van der Waals surface area contributed by atoms with Gasteiger partial charge in [0.1, 0.15) is 0 Å². The van der Waals surface area contributed by atoms with Gasteiger partial charge in [0.25, 0.3) is 0 Å². The molecule has 0 saturated carbocycles. The molecule has 1 aromatic carbocycles. The number of rotatable bonds is 0. The summed E-state index contributed by atoms with van der Waals surface area (Å²) in [7, 11) is 0. The van der Waals surface area contributed by atoms with Crippen LogP contribution in [0.1, 0.15) is 18.1 Å². The average molecular weight is 213 g/mol. The largest absolute Gasteiger partial charge is 0.385 e. The van der Waals surface area contributed by atoms with Crippen molar-refractivity contribution in [3.05, 3.63) is 33.8 Å². The topological polar surface area (TPSA) is 20.2 Å². The Morgan fingerprint density at radius 1 is 1.55 bits per heavy atom. The molecule has 0 aromatic heterocycles. The number of benzene rings is 1. The van der Waals surface area contributed by atoms with Gasteiger partial charge in [-0.25, -0.2) is 0 Å². The molecule has 1 nitrogen and oxygen atoms in total. The molecule has 0 heterocycles. The van der Waals surface area contributed by atoms with E-state index in [9.17, 15) is 5.11 Å². The van der Waals surface area contributed by atoms with Gasteiger partial charge in [0.05, 0.1) is 5.60 Å². The Bertz CT molecular complexity index is 290. The van der Waals surface area contributed by atoms with Crippen LogP contribution in [0.15, 0.2) is 22.7 Å². The first-order chi connectivity index (χ1) is 5.11. The van der Waals surface area contributed by atoms with Crippen LogP contribution in [0.25, 0.3) is 0 Å². The zero-order valence-corrected chi connectivity index (χ0v) is 7.85. The molecule has 1 aliphatic carbocycles. The fourth-order valence-electron chi connectivity index (χ4n) is 1.67. The number of fused-ring (bicyclic) bond motifs is 1. The molecule has 0 bridgehead atoms. The van der Waals surface area contributed by atoms with Crippen molar-refractivity contribution < 1.29 is 5.11 Å². The summed E-state index contributed by atoms with van der Waals surface area (Å²) in [5.74, 6) is 0. The molecule has 2 heteroatoms. The number of hydrogen-bond donors (Lipinski definition) is 1. The van der Waals surface area contributed by atoms with Gasteiger partial charge in [-0.3, -0.25) is 0 Å². The Hall–Kier alpha value is -0.340. The molecule has 0 unspecified atom stereocenters. The van der Waals surface area contributed by atoms with Crippen molar-refractivity contribution >= 4 is 15.9 Å². The van der Waals surface area contributed by atoms with E-state index in [2.05, 4.69) is 22.0 Å². The van der Waals surface area contributed by atoms with Gasteiger partial charge >= 0.3 is 0 Å². The zero-order chi connectivity index (χ0) is 8.06. The maximum atomic E-state index is 9.72. The molecular formula is C9H9BrO. The van der Waals surface area contributed by atoms with Crippen molar-refractivity contribution in [1.29, 1.82) is 0 Å². The molecule has 0 saturated heterocycles. The highest BCUT2D eigenvalue weighted by Crippen LogP contribution is 2.42. The second kappa shape index (κ2) is 2.08. The van der Waals surface area contributed by atoms with Crippen LogP contribution < -0.4 is 0 Å². The Morgan fingerprint density at radius 3 is 2.73 bits per heavy atom. The van der Waals surface area contributed by atoms with E-state index < -0.39 is 5.60 Å². The molecule has 0 amide bonds. The van der Waals surface area contributed by atoms with Gasteiger partial charge < -0.3 is 5.11 Å². The predicted octanol–water partition coefficient (Wildman–Crippen LogP) is 2.21. The molecule has 0 spiro atoms. The van der Waals surface area contributed by atoms with Crippen LogP contribution in [0.2, 0.25) is 0 Å². The lowest BCUT2D eigenvalue weighted by atomic mass is 9.75. The highest BCUT2D eigenvalue weighted by molar-refractivity contribution is 9.10. The highest BCUT2D eigenvalue weighted by atomic mass is 79.9. The molecule has 1 aromatic rings. The van der Waals surface area contributed by atoms with Crippen molar-refractivity contribution in [1.82, 2.24) is 0 Å². The second-order valence-corrected chi connectivity index (χ2v) is 4.08. The van der Waals surface area contributed by atoms with Gasteiger partial charge in [0, 0.05) is 16.5 Å². The van der Waals surface area contributed by atoms with Crippen LogP contribution in [0.4, 0.5) is 0 Å². The lowest BCUT2D eigenvalue weighted by molar-refractivity contribution is 0.0320. The Kier molecular flexibility index (Phi) is 1.38. The van der Waals surface area contributed by atoms with E-state index in [-0.39, 0.29) is 0 Å². The summed E-state index contributed by atoms with van der Waals surface area (Å²) in [6, 6.07) is 6.02. The lowest BCUT2D eigenvalue weighted by Crippen LogP contribution is -2.35. The molecule has 2 rings (SSSR count). The fourth-order valence-corrected chi connectivity index (χ4v) is 2.51. The van der Waals surface area contributed by atoms with Gasteiger partial charge in [0.2, 0.25) is 0 Å². The minimum Gasteiger partial charge on any atom is -0.385 e. The first-order valence-corrected chi connectivity index (χ1v) is 4.41. The van der Waals surface area contributed by atoms with Crippen LogP contribution in [0.3, 0.4) is 0 Å². The molecular weight excluding hydrogens is 204 g/mol. The molecule has 0 radical (unpaired) electrons. The molecule has 58 valence electrons. The van der Waals surface area contributed by atoms with Crippen LogP contribution >= 0.6 is 15.9 Å². The zero-order valence-electron chi connectivity index (χ0n) is 6.26. The monoisotopic (exact) mass is 212 g/mol. The number of halogens is 1. The van der Waals surface area contributed by atoms with Crippen molar-refractivity contribution in [3.8, 4) is 0 Å². The lowest BCUT2D eigenvalue weighted by Gasteiger charge is -2.37. The van der Waals surface area contributed by atoms with Gasteiger partial charge in [-0.2, -0.15) is 0 Å². The molecule has 0 aliphatic heterocycles. The first kappa shape index (κ1) is 7.32. The maximum Gasteiger partial charge on any atom is 0.0922 e. The number of hydrogen-bond acceptors (Lipinski definition) is 1.